The van der Waals surface area contributed by atoms with Gasteiger partial charge in [-0.25, -0.2) is 9.97 Å². The first-order chi connectivity index (χ1) is 24.7. The molecule has 9 aromatic rings. The predicted molar refractivity (Wildman–Crippen MR) is 204 cm³/mol. The van der Waals surface area contributed by atoms with Gasteiger partial charge >= 0.3 is 0 Å². The van der Waals surface area contributed by atoms with Crippen LogP contribution in [0.5, 0.6) is 0 Å². The molecule has 5 heteroatoms. The first kappa shape index (κ1) is 29.1. The number of nitrogens with zero attached hydrogens (tertiary/aromatic N) is 5. The van der Waals surface area contributed by atoms with Crippen LogP contribution in [0.1, 0.15) is 5.56 Å². The van der Waals surface area contributed by atoms with E-state index in [1.807, 2.05) is 54.6 Å². The Labute approximate surface area is 289 Å². The van der Waals surface area contributed by atoms with Gasteiger partial charge in [0.05, 0.1) is 33.9 Å². The third kappa shape index (κ3) is 5.04. The molecule has 2 heterocycles. The van der Waals surface area contributed by atoms with Crippen LogP contribution < -0.4 is 4.90 Å². The van der Waals surface area contributed by atoms with E-state index in [0.29, 0.717) is 11.4 Å². The zero-order chi connectivity index (χ0) is 33.4. The van der Waals surface area contributed by atoms with Crippen molar-refractivity contribution in [3.63, 3.8) is 0 Å². The van der Waals surface area contributed by atoms with Crippen LogP contribution in [-0.2, 0) is 0 Å². The lowest BCUT2D eigenvalue weighted by molar-refractivity contribution is 1.17. The summed E-state index contributed by atoms with van der Waals surface area (Å²) in [5, 5.41) is 13.0. The second-order valence-electron chi connectivity index (χ2n) is 12.2. The molecule has 0 N–H and O–H groups in total. The summed E-state index contributed by atoms with van der Waals surface area (Å²) >= 11 is 0. The molecule has 0 atom stereocenters. The van der Waals surface area contributed by atoms with Crippen molar-refractivity contribution in [2.75, 3.05) is 4.90 Å². The second-order valence-corrected chi connectivity index (χ2v) is 12.2. The van der Waals surface area contributed by atoms with Crippen LogP contribution in [0.3, 0.4) is 0 Å². The summed E-state index contributed by atoms with van der Waals surface area (Å²) in [4.78, 5) is 12.2. The molecule has 0 fully saturated rings. The van der Waals surface area contributed by atoms with E-state index in [9.17, 15) is 5.26 Å². The highest BCUT2D eigenvalue weighted by molar-refractivity contribution is 6.09. The Hall–Kier alpha value is -7.03. The molecule has 9 rings (SSSR count). The Morgan fingerprint density at radius 3 is 1.68 bits per heavy atom. The van der Waals surface area contributed by atoms with Gasteiger partial charge in [-0.05, 0) is 78.9 Å². The number of benzene rings is 7. The van der Waals surface area contributed by atoms with Gasteiger partial charge < -0.3 is 9.47 Å². The van der Waals surface area contributed by atoms with E-state index in [-0.39, 0.29) is 0 Å². The molecule has 234 valence electrons. The summed E-state index contributed by atoms with van der Waals surface area (Å²) in [6.07, 6.45) is 0. The highest BCUT2D eigenvalue weighted by Gasteiger charge is 2.17. The summed E-state index contributed by atoms with van der Waals surface area (Å²) in [6.45, 7) is 0. The molecule has 0 radical (unpaired) electrons. The highest BCUT2D eigenvalue weighted by atomic mass is 15.1. The smallest absolute Gasteiger partial charge is 0.160 e. The Bertz CT molecular complexity index is 2640. The number of para-hydroxylation sites is 3. The average molecular weight is 640 g/mol. The largest absolute Gasteiger partial charge is 0.311 e. The lowest BCUT2D eigenvalue weighted by atomic mass is 10.0. The van der Waals surface area contributed by atoms with Crippen molar-refractivity contribution in [2.24, 2.45) is 0 Å². The topological polar surface area (TPSA) is 57.7 Å². The number of anilines is 3. The van der Waals surface area contributed by atoms with Crippen LogP contribution in [0.15, 0.2) is 176 Å². The monoisotopic (exact) mass is 639 g/mol. The first-order valence-electron chi connectivity index (χ1n) is 16.6. The van der Waals surface area contributed by atoms with Gasteiger partial charge in [-0.1, -0.05) is 97.1 Å². The van der Waals surface area contributed by atoms with E-state index in [1.165, 1.54) is 21.8 Å². The highest BCUT2D eigenvalue weighted by Crippen LogP contribution is 2.38. The molecule has 0 amide bonds. The maximum atomic E-state index is 9.59. The Balaban J connectivity index is 1.13. The van der Waals surface area contributed by atoms with E-state index in [2.05, 4.69) is 137 Å². The van der Waals surface area contributed by atoms with Gasteiger partial charge in [0, 0.05) is 50.0 Å². The predicted octanol–water partition coefficient (Wildman–Crippen LogP) is 11.4. The normalized spacial score (nSPS) is 11.2. The lowest BCUT2D eigenvalue weighted by Gasteiger charge is -2.26. The minimum Gasteiger partial charge on any atom is -0.311 e. The summed E-state index contributed by atoms with van der Waals surface area (Å²) in [5.74, 6) is 0.626. The summed E-state index contributed by atoms with van der Waals surface area (Å²) < 4.78 is 2.34. The van der Waals surface area contributed by atoms with Crippen LogP contribution in [0.2, 0.25) is 0 Å². The molecule has 0 bridgehead atoms. The Morgan fingerprint density at radius 1 is 0.480 bits per heavy atom. The van der Waals surface area contributed by atoms with Crippen LogP contribution in [-0.4, -0.2) is 14.5 Å². The minimum absolute atomic E-state index is 0.569. The van der Waals surface area contributed by atoms with E-state index in [1.54, 1.807) is 0 Å². The molecule has 7 aromatic carbocycles. The second kappa shape index (κ2) is 12.2. The number of hydrogen-bond donors (Lipinski definition) is 0. The molecular formula is C45H29N5. The third-order valence-corrected chi connectivity index (χ3v) is 9.22. The van der Waals surface area contributed by atoms with Gasteiger partial charge in [0.1, 0.15) is 0 Å². The zero-order valence-electron chi connectivity index (χ0n) is 27.0. The van der Waals surface area contributed by atoms with E-state index < -0.39 is 0 Å². The number of rotatable bonds is 6. The lowest BCUT2D eigenvalue weighted by Crippen LogP contribution is -2.10. The van der Waals surface area contributed by atoms with Crippen LogP contribution in [0.25, 0.3) is 61.0 Å². The van der Waals surface area contributed by atoms with Gasteiger partial charge in [0.2, 0.25) is 0 Å². The number of fused-ring (bicyclic) bond motifs is 4. The van der Waals surface area contributed by atoms with Crippen LogP contribution in [0, 0.1) is 11.3 Å². The number of aromatic nitrogens is 3. The third-order valence-electron chi connectivity index (χ3n) is 9.22. The van der Waals surface area contributed by atoms with Gasteiger partial charge in [-0.2, -0.15) is 5.26 Å². The number of nitriles is 1. The molecule has 0 saturated heterocycles. The molecule has 0 unspecified atom stereocenters. The SMILES string of the molecule is N#Cc1ccc2c(-c3ccc(N(c4ccccc4)c4ccc(-n5c6ccccc6c6ccccc65)cc4)cc3)nc(-c3ccccc3)nc2c1. The summed E-state index contributed by atoms with van der Waals surface area (Å²) in [5.41, 5.74) is 10.7. The molecule has 0 aliphatic rings. The van der Waals surface area contributed by atoms with Crippen molar-refractivity contribution in [1.29, 1.82) is 5.26 Å². The van der Waals surface area contributed by atoms with Crippen molar-refractivity contribution in [2.45, 2.75) is 0 Å². The van der Waals surface area contributed by atoms with Gasteiger partial charge in [-0.3, -0.25) is 0 Å². The van der Waals surface area contributed by atoms with E-state index in [4.69, 9.17) is 9.97 Å². The molecule has 0 aliphatic carbocycles. The van der Waals surface area contributed by atoms with E-state index in [0.717, 1.165) is 50.5 Å². The standard InChI is InChI=1S/C45H29N5/c46-30-31-19-28-40-41(29-31)47-45(33-11-3-1-4-12-33)48-44(40)32-20-22-35(23-21-32)49(34-13-5-2-6-14-34)36-24-26-37(27-25-36)50-42-17-9-7-15-38(42)39-16-8-10-18-43(39)50/h1-29H. The zero-order valence-corrected chi connectivity index (χ0v) is 27.0. The molecule has 5 nitrogen and oxygen atoms in total. The fourth-order valence-electron chi connectivity index (χ4n) is 6.88. The molecule has 0 spiro atoms. The van der Waals surface area contributed by atoms with Crippen molar-refractivity contribution in [1.82, 2.24) is 14.5 Å². The van der Waals surface area contributed by atoms with E-state index >= 15 is 0 Å². The van der Waals surface area contributed by atoms with Crippen molar-refractivity contribution >= 4 is 49.8 Å². The average Bonchev–Trinajstić information content (AvgIpc) is 3.53. The number of hydrogen-bond acceptors (Lipinski definition) is 4. The Kier molecular flexibility index (Phi) is 7.11. The molecule has 50 heavy (non-hydrogen) atoms. The molecule has 2 aromatic heterocycles. The van der Waals surface area contributed by atoms with Crippen molar-refractivity contribution < 1.29 is 0 Å². The fraction of sp³-hybridized carbons (Fsp3) is 0. The fourth-order valence-corrected chi connectivity index (χ4v) is 6.88. The molecule has 0 saturated carbocycles. The van der Waals surface area contributed by atoms with Crippen LogP contribution in [0.4, 0.5) is 17.1 Å². The first-order valence-corrected chi connectivity index (χ1v) is 16.6. The van der Waals surface area contributed by atoms with Crippen molar-refractivity contribution in [3.8, 4) is 34.4 Å². The quantitative estimate of drug-likeness (QED) is 0.182. The van der Waals surface area contributed by atoms with Crippen molar-refractivity contribution in [3.05, 3.63) is 181 Å². The molecular weight excluding hydrogens is 611 g/mol. The summed E-state index contributed by atoms with van der Waals surface area (Å²) in [6, 6.07) is 62.7. The minimum atomic E-state index is 0.569. The van der Waals surface area contributed by atoms with Gasteiger partial charge in [0.15, 0.2) is 5.82 Å². The van der Waals surface area contributed by atoms with Gasteiger partial charge in [0.25, 0.3) is 0 Å². The Morgan fingerprint density at radius 2 is 1.04 bits per heavy atom. The van der Waals surface area contributed by atoms with Crippen LogP contribution >= 0.6 is 0 Å². The molecule has 0 aliphatic heterocycles. The van der Waals surface area contributed by atoms with Gasteiger partial charge in [-0.15, -0.1) is 0 Å². The maximum absolute atomic E-state index is 9.59. The summed E-state index contributed by atoms with van der Waals surface area (Å²) in [7, 11) is 0. The maximum Gasteiger partial charge on any atom is 0.160 e.